The number of piperidine rings is 1. The standard InChI is InChI=1S/C24H32N4O2S/c1-17(2)27-12-8-19(9-13-27)26-24(30)23-21(10-14-31-23)25-16-18-5-3-6-20(15-18)28-11-4-7-22(28)29/h3,5-6,10,14-15,17,19,25H,4,7-9,11-13,16H2,1-2H3,(H,26,30). The Kier molecular flexibility index (Phi) is 6.92. The van der Waals surface area contributed by atoms with Gasteiger partial charge in [0.1, 0.15) is 4.88 Å². The summed E-state index contributed by atoms with van der Waals surface area (Å²) in [5.41, 5.74) is 2.92. The van der Waals surface area contributed by atoms with E-state index in [1.165, 1.54) is 11.3 Å². The molecular formula is C24H32N4O2S. The second-order valence-corrected chi connectivity index (χ2v) is 9.63. The highest BCUT2D eigenvalue weighted by Crippen LogP contribution is 2.26. The Morgan fingerprint density at radius 3 is 2.71 bits per heavy atom. The van der Waals surface area contributed by atoms with Gasteiger partial charge in [-0.15, -0.1) is 11.3 Å². The topological polar surface area (TPSA) is 64.7 Å². The fraction of sp³-hybridized carbons (Fsp3) is 0.500. The Morgan fingerprint density at radius 1 is 1.19 bits per heavy atom. The summed E-state index contributed by atoms with van der Waals surface area (Å²) in [5.74, 6) is 0.207. The molecule has 2 aliphatic rings. The van der Waals surface area contributed by atoms with Crippen molar-refractivity contribution in [3.63, 3.8) is 0 Å². The molecule has 7 heteroatoms. The maximum absolute atomic E-state index is 12.9. The lowest BCUT2D eigenvalue weighted by atomic mass is 10.0. The monoisotopic (exact) mass is 440 g/mol. The molecule has 0 unspecified atom stereocenters. The number of benzene rings is 1. The Labute approximate surface area is 188 Å². The van der Waals surface area contributed by atoms with E-state index in [1.807, 2.05) is 34.5 Å². The van der Waals surface area contributed by atoms with Crippen LogP contribution < -0.4 is 15.5 Å². The van der Waals surface area contributed by atoms with E-state index in [0.29, 0.717) is 19.0 Å². The average molecular weight is 441 g/mol. The number of likely N-dealkylation sites (tertiary alicyclic amines) is 1. The molecule has 2 aromatic rings. The molecular weight excluding hydrogens is 408 g/mol. The van der Waals surface area contributed by atoms with Gasteiger partial charge in [-0.3, -0.25) is 9.59 Å². The van der Waals surface area contributed by atoms with Crippen LogP contribution >= 0.6 is 11.3 Å². The number of hydrogen-bond acceptors (Lipinski definition) is 5. The highest BCUT2D eigenvalue weighted by molar-refractivity contribution is 7.12. The number of carbonyl (C=O) groups is 2. The van der Waals surface area contributed by atoms with Crippen LogP contribution in [0.4, 0.5) is 11.4 Å². The van der Waals surface area contributed by atoms with Gasteiger partial charge in [0.15, 0.2) is 0 Å². The molecule has 2 N–H and O–H groups in total. The fourth-order valence-corrected chi connectivity index (χ4v) is 5.16. The summed E-state index contributed by atoms with van der Waals surface area (Å²) in [6, 6.07) is 10.9. The number of hydrogen-bond donors (Lipinski definition) is 2. The smallest absolute Gasteiger partial charge is 0.263 e. The summed E-state index contributed by atoms with van der Waals surface area (Å²) < 4.78 is 0. The van der Waals surface area contributed by atoms with E-state index >= 15 is 0 Å². The van der Waals surface area contributed by atoms with Crippen molar-refractivity contribution in [2.45, 2.75) is 58.2 Å². The zero-order valence-electron chi connectivity index (χ0n) is 18.4. The molecule has 0 radical (unpaired) electrons. The van der Waals surface area contributed by atoms with E-state index in [2.05, 4.69) is 35.4 Å². The van der Waals surface area contributed by atoms with Gasteiger partial charge in [-0.1, -0.05) is 12.1 Å². The van der Waals surface area contributed by atoms with Crippen LogP contribution in [0.25, 0.3) is 0 Å². The number of carbonyl (C=O) groups excluding carboxylic acids is 2. The van der Waals surface area contributed by atoms with Gasteiger partial charge >= 0.3 is 0 Å². The van der Waals surface area contributed by atoms with Crippen molar-refractivity contribution in [2.75, 3.05) is 29.9 Å². The van der Waals surface area contributed by atoms with Crippen molar-refractivity contribution in [1.29, 1.82) is 0 Å². The molecule has 6 nitrogen and oxygen atoms in total. The van der Waals surface area contributed by atoms with Crippen molar-refractivity contribution >= 4 is 34.5 Å². The van der Waals surface area contributed by atoms with Crippen molar-refractivity contribution in [3.05, 3.63) is 46.2 Å². The maximum Gasteiger partial charge on any atom is 0.263 e. The van der Waals surface area contributed by atoms with Crippen LogP contribution in [0, 0.1) is 0 Å². The lowest BCUT2D eigenvalue weighted by Gasteiger charge is -2.34. The van der Waals surface area contributed by atoms with Crippen LogP contribution in [0.3, 0.4) is 0 Å². The van der Waals surface area contributed by atoms with Gasteiger partial charge in [0, 0.05) is 50.4 Å². The van der Waals surface area contributed by atoms with Crippen LogP contribution in [0.2, 0.25) is 0 Å². The zero-order valence-corrected chi connectivity index (χ0v) is 19.2. The van der Waals surface area contributed by atoms with Crippen LogP contribution in [-0.2, 0) is 11.3 Å². The Hall–Kier alpha value is -2.38. The van der Waals surface area contributed by atoms with Crippen molar-refractivity contribution < 1.29 is 9.59 Å². The van der Waals surface area contributed by atoms with Gasteiger partial charge < -0.3 is 20.4 Å². The molecule has 0 atom stereocenters. The second-order valence-electron chi connectivity index (χ2n) is 8.71. The number of anilines is 2. The molecule has 2 amide bonds. The summed E-state index contributed by atoms with van der Waals surface area (Å²) in [5, 5.41) is 8.60. The van der Waals surface area contributed by atoms with Gasteiger partial charge in [-0.25, -0.2) is 0 Å². The highest BCUT2D eigenvalue weighted by Gasteiger charge is 2.24. The molecule has 1 aromatic heterocycles. The lowest BCUT2D eigenvalue weighted by molar-refractivity contribution is -0.117. The van der Waals surface area contributed by atoms with Crippen molar-refractivity contribution in [2.24, 2.45) is 0 Å². The van der Waals surface area contributed by atoms with E-state index < -0.39 is 0 Å². The fourth-order valence-electron chi connectivity index (χ4n) is 4.39. The largest absolute Gasteiger partial charge is 0.380 e. The van der Waals surface area contributed by atoms with E-state index in [4.69, 9.17) is 0 Å². The number of thiophene rings is 1. The first kappa shape index (κ1) is 21.8. The summed E-state index contributed by atoms with van der Waals surface area (Å²) in [6.07, 6.45) is 3.55. The minimum absolute atomic E-state index is 0.0110. The molecule has 0 saturated carbocycles. The molecule has 4 rings (SSSR count). The minimum atomic E-state index is 0.0110. The first-order chi connectivity index (χ1) is 15.0. The van der Waals surface area contributed by atoms with Gasteiger partial charge in [-0.05, 0) is 62.3 Å². The Morgan fingerprint density at radius 2 is 2.00 bits per heavy atom. The quantitative estimate of drug-likeness (QED) is 0.681. The predicted octanol–water partition coefficient (Wildman–Crippen LogP) is 4.09. The molecule has 0 bridgehead atoms. The van der Waals surface area contributed by atoms with E-state index in [0.717, 1.165) is 60.7 Å². The number of rotatable bonds is 7. The second kappa shape index (κ2) is 9.83. The van der Waals surface area contributed by atoms with Crippen LogP contribution in [-0.4, -0.2) is 48.4 Å². The van der Waals surface area contributed by atoms with Crippen LogP contribution in [0.15, 0.2) is 35.7 Å². The van der Waals surface area contributed by atoms with Crippen molar-refractivity contribution in [1.82, 2.24) is 10.2 Å². The average Bonchev–Trinajstić information content (AvgIpc) is 3.41. The molecule has 3 heterocycles. The third kappa shape index (κ3) is 5.28. The molecule has 2 fully saturated rings. The first-order valence-corrected chi connectivity index (χ1v) is 12.1. The predicted molar refractivity (Wildman–Crippen MR) is 127 cm³/mol. The number of nitrogens with one attached hydrogen (secondary N) is 2. The summed E-state index contributed by atoms with van der Waals surface area (Å²) in [4.78, 5) is 30.0. The Balaban J connectivity index is 1.34. The maximum atomic E-state index is 12.9. The third-order valence-corrected chi connectivity index (χ3v) is 7.16. The van der Waals surface area contributed by atoms with Crippen LogP contribution in [0.1, 0.15) is 54.8 Å². The molecule has 2 saturated heterocycles. The van der Waals surface area contributed by atoms with E-state index in [9.17, 15) is 9.59 Å². The van der Waals surface area contributed by atoms with E-state index in [1.54, 1.807) is 0 Å². The molecule has 31 heavy (non-hydrogen) atoms. The molecule has 166 valence electrons. The third-order valence-electron chi connectivity index (χ3n) is 6.25. The molecule has 1 aromatic carbocycles. The van der Waals surface area contributed by atoms with Crippen molar-refractivity contribution in [3.8, 4) is 0 Å². The normalized spacial score (nSPS) is 18.0. The molecule has 0 spiro atoms. The molecule has 0 aliphatic carbocycles. The zero-order chi connectivity index (χ0) is 21.8. The van der Waals surface area contributed by atoms with E-state index in [-0.39, 0.29) is 17.9 Å². The number of nitrogens with zero attached hydrogens (tertiary/aromatic N) is 2. The van der Waals surface area contributed by atoms with Gasteiger partial charge in [-0.2, -0.15) is 0 Å². The lowest BCUT2D eigenvalue weighted by Crippen LogP contribution is -2.46. The summed E-state index contributed by atoms with van der Waals surface area (Å²) in [7, 11) is 0. The SMILES string of the molecule is CC(C)N1CCC(NC(=O)c2sccc2NCc2cccc(N3CCCC3=O)c2)CC1. The number of amides is 2. The van der Waals surface area contributed by atoms with Gasteiger partial charge in [0.25, 0.3) is 5.91 Å². The van der Waals surface area contributed by atoms with Gasteiger partial charge in [0.2, 0.25) is 5.91 Å². The summed E-state index contributed by atoms with van der Waals surface area (Å²) in [6.45, 7) is 7.92. The summed E-state index contributed by atoms with van der Waals surface area (Å²) >= 11 is 1.47. The minimum Gasteiger partial charge on any atom is -0.380 e. The molecule has 2 aliphatic heterocycles. The first-order valence-electron chi connectivity index (χ1n) is 11.3. The van der Waals surface area contributed by atoms with Crippen LogP contribution in [0.5, 0.6) is 0 Å². The Bertz CT molecular complexity index is 918. The highest BCUT2D eigenvalue weighted by atomic mass is 32.1. The van der Waals surface area contributed by atoms with Gasteiger partial charge in [0.05, 0.1) is 5.69 Å².